The molecule has 1 aromatic rings. The molecule has 2 aliphatic heterocycles. The number of nitrogens with one attached hydrogen (secondary N) is 6. The maximum absolute atomic E-state index is 13.7. The van der Waals surface area contributed by atoms with E-state index in [4.69, 9.17) is 0 Å². The lowest BCUT2D eigenvalue weighted by Crippen LogP contribution is -2.59. The fraction of sp³-hybridized carbons (Fsp3) is 0.632. The predicted molar refractivity (Wildman–Crippen MR) is 204 cm³/mol. The van der Waals surface area contributed by atoms with Gasteiger partial charge in [0.25, 0.3) is 11.8 Å². The molecule has 0 radical (unpaired) electrons. The van der Waals surface area contributed by atoms with Crippen LogP contribution >= 0.6 is 0 Å². The van der Waals surface area contributed by atoms with Crippen molar-refractivity contribution in [2.75, 3.05) is 27.2 Å². The molecule has 0 saturated carbocycles. The Morgan fingerprint density at radius 3 is 1.16 bits per heavy atom. The van der Waals surface area contributed by atoms with Crippen molar-refractivity contribution in [3.8, 4) is 0 Å². The van der Waals surface area contributed by atoms with Crippen LogP contribution in [0.4, 0.5) is 0 Å². The van der Waals surface area contributed by atoms with Crippen molar-refractivity contribution < 1.29 is 48.6 Å². The molecule has 0 aliphatic carbocycles. The Morgan fingerprint density at radius 1 is 0.607 bits per heavy atom. The lowest BCUT2D eigenvalue weighted by molar-refractivity contribution is -0.150. The molecule has 2 saturated heterocycles. The summed E-state index contributed by atoms with van der Waals surface area (Å²) in [7, 11) is 3.20. The summed E-state index contributed by atoms with van der Waals surface area (Å²) in [5, 5.41) is 36.6. The van der Waals surface area contributed by atoms with E-state index in [2.05, 4.69) is 31.9 Å². The lowest BCUT2D eigenvalue weighted by atomic mass is 9.85. The number of carbonyl (C=O) groups excluding carboxylic acids is 6. The standard InChI is InChI=1S/C38H58N8O10/c1-19(39-9)29(47)43-27(37(3,4)5)33(51)45-17-23(15-25(45)35(53)54)41-31(49)21-11-13-22(14-12-21)32(50)42-24-16-26(36(55)56)46(18-24)34(52)28(38(6,7)8)44-30(48)20(2)40-10/h11-14,19-20,23-28,39-40H,15-18H2,1-10H3,(H,41,49)(H,42,50)(H,43,47)(H,44,48)(H,53,54)(H,55,56)/t19-,20-,23-,24-,25-,26-,27+,28+/m0/s1. The number of rotatable bonds is 14. The van der Waals surface area contributed by atoms with Gasteiger partial charge in [-0.15, -0.1) is 0 Å². The molecule has 18 heteroatoms. The summed E-state index contributed by atoms with van der Waals surface area (Å²) in [5.74, 6) is -5.66. The van der Waals surface area contributed by atoms with Gasteiger partial charge in [-0.2, -0.15) is 0 Å². The third kappa shape index (κ3) is 11.0. The van der Waals surface area contributed by atoms with Crippen LogP contribution in [0, 0.1) is 10.8 Å². The van der Waals surface area contributed by atoms with Crippen LogP contribution in [0.2, 0.25) is 0 Å². The van der Waals surface area contributed by atoms with E-state index in [0.717, 1.165) is 9.80 Å². The van der Waals surface area contributed by atoms with E-state index in [1.165, 1.54) is 24.3 Å². The molecule has 6 amide bonds. The fourth-order valence-corrected chi connectivity index (χ4v) is 6.57. The van der Waals surface area contributed by atoms with E-state index < -0.39 is 107 Å². The van der Waals surface area contributed by atoms with Gasteiger partial charge in [0, 0.05) is 49.1 Å². The average molecular weight is 787 g/mol. The highest BCUT2D eigenvalue weighted by Gasteiger charge is 2.47. The maximum Gasteiger partial charge on any atom is 0.326 e. The van der Waals surface area contributed by atoms with Gasteiger partial charge in [-0.25, -0.2) is 9.59 Å². The summed E-state index contributed by atoms with van der Waals surface area (Å²) in [4.78, 5) is 106. The Kier molecular flexibility index (Phi) is 14.7. The summed E-state index contributed by atoms with van der Waals surface area (Å²) in [5.41, 5.74) is -1.20. The van der Waals surface area contributed by atoms with E-state index in [1.54, 1.807) is 69.5 Å². The molecule has 0 unspecified atom stereocenters. The van der Waals surface area contributed by atoms with Gasteiger partial charge in [-0.1, -0.05) is 41.5 Å². The normalized spacial score (nSPS) is 22.0. The Bertz CT molecular complexity index is 1550. The first-order valence-electron chi connectivity index (χ1n) is 18.6. The molecule has 0 spiro atoms. The van der Waals surface area contributed by atoms with Crippen LogP contribution in [0.25, 0.3) is 0 Å². The third-order valence-corrected chi connectivity index (χ3v) is 10.3. The molecule has 8 N–H and O–H groups in total. The highest BCUT2D eigenvalue weighted by molar-refractivity contribution is 5.99. The number of amides is 6. The van der Waals surface area contributed by atoms with Gasteiger partial charge < -0.3 is 51.9 Å². The lowest BCUT2D eigenvalue weighted by Gasteiger charge is -2.35. The van der Waals surface area contributed by atoms with E-state index in [1.807, 2.05) is 0 Å². The minimum absolute atomic E-state index is 0.0682. The van der Waals surface area contributed by atoms with Gasteiger partial charge in [0.15, 0.2) is 0 Å². The fourth-order valence-electron chi connectivity index (χ4n) is 6.57. The van der Waals surface area contributed by atoms with E-state index >= 15 is 0 Å². The number of carbonyl (C=O) groups is 8. The molecule has 8 atom stereocenters. The molecule has 2 heterocycles. The Hall–Kier alpha value is -5.10. The third-order valence-electron chi connectivity index (χ3n) is 10.3. The van der Waals surface area contributed by atoms with Gasteiger partial charge in [0.2, 0.25) is 23.6 Å². The van der Waals surface area contributed by atoms with Gasteiger partial charge in [-0.05, 0) is 63.0 Å². The van der Waals surface area contributed by atoms with Crippen molar-refractivity contribution in [3.63, 3.8) is 0 Å². The van der Waals surface area contributed by atoms with E-state index in [0.29, 0.717) is 0 Å². The zero-order valence-electron chi connectivity index (χ0n) is 33.8. The maximum atomic E-state index is 13.7. The number of aliphatic carboxylic acids is 2. The minimum atomic E-state index is -1.25. The second-order valence-corrected chi connectivity index (χ2v) is 16.7. The Morgan fingerprint density at radius 2 is 0.911 bits per heavy atom. The van der Waals surface area contributed by atoms with Gasteiger partial charge in [0.1, 0.15) is 24.2 Å². The molecular weight excluding hydrogens is 728 g/mol. The molecule has 3 rings (SSSR count). The summed E-state index contributed by atoms with van der Waals surface area (Å²) >= 11 is 0. The van der Waals surface area contributed by atoms with Crippen LogP contribution < -0.4 is 31.9 Å². The quantitative estimate of drug-likeness (QED) is 0.119. The van der Waals surface area contributed by atoms with Crippen molar-refractivity contribution in [1.82, 2.24) is 41.7 Å². The number of carboxylic acids is 2. The first-order chi connectivity index (χ1) is 25.9. The van der Waals surface area contributed by atoms with Crippen LogP contribution in [0.5, 0.6) is 0 Å². The molecule has 1 aromatic carbocycles. The Labute approximate surface area is 327 Å². The molecule has 0 aromatic heterocycles. The minimum Gasteiger partial charge on any atom is -0.480 e. The van der Waals surface area contributed by atoms with Crippen LogP contribution in [-0.4, -0.2) is 143 Å². The van der Waals surface area contributed by atoms with Crippen molar-refractivity contribution in [3.05, 3.63) is 35.4 Å². The average Bonchev–Trinajstić information content (AvgIpc) is 3.75. The number of hydrogen-bond donors (Lipinski definition) is 8. The largest absolute Gasteiger partial charge is 0.480 e. The van der Waals surface area contributed by atoms with Gasteiger partial charge in [-0.3, -0.25) is 28.8 Å². The zero-order valence-corrected chi connectivity index (χ0v) is 33.8. The smallest absolute Gasteiger partial charge is 0.326 e. The molecule has 2 fully saturated rings. The summed E-state index contributed by atoms with van der Waals surface area (Å²) < 4.78 is 0. The number of benzene rings is 1. The molecule has 0 bridgehead atoms. The zero-order chi connectivity index (χ0) is 42.4. The first kappa shape index (κ1) is 45.3. The summed E-state index contributed by atoms with van der Waals surface area (Å²) in [6, 6.07) is -1.61. The molecule has 56 heavy (non-hydrogen) atoms. The number of nitrogens with zero attached hydrogens (tertiary/aromatic N) is 2. The molecule has 18 nitrogen and oxygen atoms in total. The monoisotopic (exact) mass is 786 g/mol. The molecular formula is C38H58N8O10. The number of likely N-dealkylation sites (tertiary alicyclic amines) is 2. The van der Waals surface area contributed by atoms with Crippen molar-refractivity contribution in [2.45, 2.75) is 117 Å². The second-order valence-electron chi connectivity index (χ2n) is 16.7. The molecule has 310 valence electrons. The predicted octanol–water partition coefficient (Wildman–Crippen LogP) is -0.468. The molecule has 2 aliphatic rings. The number of hydrogen-bond acceptors (Lipinski definition) is 10. The van der Waals surface area contributed by atoms with Gasteiger partial charge in [0.05, 0.1) is 12.1 Å². The summed E-state index contributed by atoms with van der Waals surface area (Å²) in [6.45, 7) is 13.6. The second kappa shape index (κ2) is 18.2. The number of carboxylic acid groups (broad SMARTS) is 2. The number of likely N-dealkylation sites (N-methyl/N-ethyl adjacent to an activating group) is 2. The van der Waals surface area contributed by atoms with Crippen LogP contribution in [0.1, 0.15) is 88.9 Å². The van der Waals surface area contributed by atoms with Crippen LogP contribution in [-0.2, 0) is 28.8 Å². The highest BCUT2D eigenvalue weighted by Crippen LogP contribution is 2.28. The van der Waals surface area contributed by atoms with Crippen molar-refractivity contribution in [2.24, 2.45) is 10.8 Å². The van der Waals surface area contributed by atoms with Crippen LogP contribution in [0.15, 0.2) is 24.3 Å². The Balaban J connectivity index is 1.69. The van der Waals surface area contributed by atoms with Crippen LogP contribution in [0.3, 0.4) is 0 Å². The first-order valence-corrected chi connectivity index (χ1v) is 18.6. The van der Waals surface area contributed by atoms with Crippen molar-refractivity contribution >= 4 is 47.4 Å². The SMILES string of the molecule is CN[C@@H](C)C(=O)N[C@H](C(=O)N1C[C@@H](NC(=O)c2ccc(C(=O)N[C@H]3C[C@@H](C(=O)O)N(C(=O)[C@@H](NC(=O)[C@H](C)NC)C(C)(C)C)C3)cc2)C[C@H]1C(=O)O)C(C)(C)C. The van der Waals surface area contributed by atoms with Crippen molar-refractivity contribution in [1.29, 1.82) is 0 Å². The topological polar surface area (TPSA) is 256 Å². The van der Waals surface area contributed by atoms with Gasteiger partial charge >= 0.3 is 11.9 Å². The van der Waals surface area contributed by atoms with E-state index in [9.17, 15) is 48.6 Å². The highest BCUT2D eigenvalue weighted by atomic mass is 16.4. The van der Waals surface area contributed by atoms with E-state index in [-0.39, 0.29) is 37.1 Å². The summed E-state index contributed by atoms with van der Waals surface area (Å²) in [6.07, 6.45) is -0.136.